The van der Waals surface area contributed by atoms with Crippen molar-refractivity contribution in [3.8, 4) is 17.1 Å². The molecule has 1 aliphatic rings. The van der Waals surface area contributed by atoms with Gasteiger partial charge in [0.25, 0.3) is 0 Å². The predicted molar refractivity (Wildman–Crippen MR) is 138 cm³/mol. The minimum absolute atomic E-state index is 0.0147. The van der Waals surface area contributed by atoms with Gasteiger partial charge in [-0.25, -0.2) is 15.0 Å². The van der Waals surface area contributed by atoms with Gasteiger partial charge in [-0.3, -0.25) is 0 Å². The summed E-state index contributed by atoms with van der Waals surface area (Å²) in [6, 6.07) is 20.4. The topological polar surface area (TPSA) is 102 Å². The maximum Gasteiger partial charge on any atom is 0.224 e. The van der Waals surface area contributed by atoms with Crippen molar-refractivity contribution in [1.29, 1.82) is 0 Å². The summed E-state index contributed by atoms with van der Waals surface area (Å²) < 4.78 is 5.82. The minimum atomic E-state index is 0.0147. The Morgan fingerprint density at radius 2 is 1.89 bits per heavy atom. The Hall–Kier alpha value is -4.04. The fourth-order valence-corrected chi connectivity index (χ4v) is 4.16. The summed E-state index contributed by atoms with van der Waals surface area (Å²) in [4.78, 5) is 20.6. The van der Waals surface area contributed by atoms with Crippen molar-refractivity contribution in [2.45, 2.75) is 32.4 Å². The van der Waals surface area contributed by atoms with Crippen LogP contribution in [0.1, 0.15) is 31.0 Å². The normalized spacial score (nSPS) is 14.5. The van der Waals surface area contributed by atoms with Gasteiger partial charge in [-0.1, -0.05) is 54.6 Å². The maximum absolute atomic E-state index is 6.04. The molecule has 3 heterocycles. The molecule has 0 saturated carbocycles. The van der Waals surface area contributed by atoms with E-state index < -0.39 is 0 Å². The third-order valence-corrected chi connectivity index (χ3v) is 5.91. The van der Waals surface area contributed by atoms with Crippen LogP contribution >= 0.6 is 0 Å². The summed E-state index contributed by atoms with van der Waals surface area (Å²) in [6.07, 6.45) is 4.33. The number of hydrogen-bond acceptors (Lipinski definition) is 8. The van der Waals surface area contributed by atoms with Gasteiger partial charge in [0, 0.05) is 23.8 Å². The first kappa shape index (κ1) is 22.7. The molecular weight excluding hydrogens is 438 g/mol. The molecule has 2 aromatic heterocycles. The second-order valence-electron chi connectivity index (χ2n) is 8.77. The molecule has 8 heteroatoms. The van der Waals surface area contributed by atoms with Gasteiger partial charge >= 0.3 is 0 Å². The van der Waals surface area contributed by atoms with Crippen molar-refractivity contribution < 1.29 is 4.74 Å². The molecule has 0 bridgehead atoms. The van der Waals surface area contributed by atoms with E-state index in [0.29, 0.717) is 36.5 Å². The second kappa shape index (κ2) is 10.1. The highest BCUT2D eigenvalue weighted by Crippen LogP contribution is 2.35. The van der Waals surface area contributed by atoms with Crippen molar-refractivity contribution in [2.24, 2.45) is 5.73 Å². The quantitative estimate of drug-likeness (QED) is 0.409. The number of nitrogens with zero attached hydrogens (tertiary/aromatic N) is 5. The van der Waals surface area contributed by atoms with E-state index in [1.807, 2.05) is 43.3 Å². The van der Waals surface area contributed by atoms with Gasteiger partial charge in [-0.05, 0) is 37.5 Å². The van der Waals surface area contributed by atoms with E-state index in [9.17, 15) is 0 Å². The smallest absolute Gasteiger partial charge is 0.224 e. The molecule has 0 spiro atoms. The van der Waals surface area contributed by atoms with Crippen molar-refractivity contribution in [3.05, 3.63) is 84.2 Å². The molecule has 2 aromatic carbocycles. The third kappa shape index (κ3) is 5.22. The van der Waals surface area contributed by atoms with E-state index in [4.69, 9.17) is 20.4 Å². The maximum atomic E-state index is 6.04. The van der Waals surface area contributed by atoms with Crippen LogP contribution in [0.4, 0.5) is 17.6 Å². The summed E-state index contributed by atoms with van der Waals surface area (Å²) in [7, 11) is 0. The number of rotatable bonds is 7. The fraction of sp³-hybridized carbons (Fsp3) is 0.259. The van der Waals surface area contributed by atoms with E-state index >= 15 is 0 Å². The van der Waals surface area contributed by atoms with Crippen LogP contribution in [-0.4, -0.2) is 39.1 Å². The lowest BCUT2D eigenvalue weighted by molar-refractivity contribution is 0.310. The van der Waals surface area contributed by atoms with Crippen LogP contribution in [0.25, 0.3) is 11.4 Å². The molecule has 35 heavy (non-hydrogen) atoms. The highest BCUT2D eigenvalue weighted by Gasteiger charge is 2.24. The monoisotopic (exact) mass is 467 g/mol. The van der Waals surface area contributed by atoms with E-state index in [0.717, 1.165) is 23.4 Å². The van der Waals surface area contributed by atoms with Crippen molar-refractivity contribution in [3.63, 3.8) is 0 Å². The Bertz CT molecular complexity index is 1300. The van der Waals surface area contributed by atoms with Crippen LogP contribution in [0.15, 0.2) is 73.1 Å². The highest BCUT2D eigenvalue weighted by molar-refractivity contribution is 5.67. The number of nitrogens with one attached hydrogen (secondary N) is 1. The molecule has 0 saturated heterocycles. The summed E-state index contributed by atoms with van der Waals surface area (Å²) in [5, 5.41) is 3.44. The number of fused-ring (bicyclic) bond motifs is 1. The molecule has 1 aliphatic heterocycles. The molecule has 0 fully saturated rings. The van der Waals surface area contributed by atoms with Gasteiger partial charge < -0.3 is 20.7 Å². The molecule has 178 valence electrons. The second-order valence-corrected chi connectivity index (χ2v) is 8.77. The zero-order valence-corrected chi connectivity index (χ0v) is 19.9. The van der Waals surface area contributed by atoms with Crippen LogP contribution in [0.5, 0.6) is 5.75 Å². The molecule has 0 aliphatic carbocycles. The van der Waals surface area contributed by atoms with Crippen molar-refractivity contribution in [2.75, 3.05) is 23.4 Å². The SMILES string of the molecule is CC(Cc1cccc([C@@H](C)N)c1)Nc1nccc(N2CCOc3cnc(-c4ccccc4)nc32)n1. The standard InChI is InChI=1S/C27H29N7O/c1-18(15-20-7-6-10-22(16-20)19(2)28)31-27-29-12-11-24(32-27)34-13-14-35-23-17-30-25(33-26(23)34)21-8-4-3-5-9-21/h3-12,16-19H,13-15,28H2,1-2H3,(H,29,31,32)/t18?,19-/m1/s1. The summed E-state index contributed by atoms with van der Waals surface area (Å²) in [6.45, 7) is 5.28. The minimum Gasteiger partial charge on any atom is -0.486 e. The predicted octanol–water partition coefficient (Wildman–Crippen LogP) is 4.53. The lowest BCUT2D eigenvalue weighted by atomic mass is 10.0. The van der Waals surface area contributed by atoms with Gasteiger partial charge in [-0.15, -0.1) is 0 Å². The largest absolute Gasteiger partial charge is 0.486 e. The molecule has 2 atom stereocenters. The van der Waals surface area contributed by atoms with Gasteiger partial charge in [0.2, 0.25) is 5.95 Å². The number of ether oxygens (including phenoxy) is 1. The van der Waals surface area contributed by atoms with E-state index in [2.05, 4.69) is 51.4 Å². The van der Waals surface area contributed by atoms with Crippen molar-refractivity contribution in [1.82, 2.24) is 19.9 Å². The average molecular weight is 468 g/mol. The molecule has 3 N–H and O–H groups in total. The molecular formula is C27H29N7O. The zero-order chi connectivity index (χ0) is 24.2. The number of nitrogens with two attached hydrogens (primary N) is 1. The zero-order valence-electron chi connectivity index (χ0n) is 19.9. The van der Waals surface area contributed by atoms with Crippen LogP contribution < -0.4 is 20.7 Å². The van der Waals surface area contributed by atoms with Crippen LogP contribution in [0.2, 0.25) is 0 Å². The molecule has 5 rings (SSSR count). The molecule has 0 amide bonds. The number of aromatic nitrogens is 4. The number of benzene rings is 2. The Balaban J connectivity index is 1.35. The van der Waals surface area contributed by atoms with Gasteiger partial charge in [0.1, 0.15) is 12.4 Å². The van der Waals surface area contributed by atoms with E-state index in [-0.39, 0.29) is 12.1 Å². The van der Waals surface area contributed by atoms with E-state index in [1.165, 1.54) is 5.56 Å². The first-order chi connectivity index (χ1) is 17.1. The molecule has 4 aromatic rings. The Labute approximate surface area is 205 Å². The van der Waals surface area contributed by atoms with Crippen molar-refractivity contribution >= 4 is 17.6 Å². The summed E-state index contributed by atoms with van der Waals surface area (Å²) in [5.74, 6) is 3.33. The Morgan fingerprint density at radius 3 is 2.71 bits per heavy atom. The lowest BCUT2D eigenvalue weighted by Gasteiger charge is -2.29. The highest BCUT2D eigenvalue weighted by atomic mass is 16.5. The fourth-order valence-electron chi connectivity index (χ4n) is 4.16. The Kier molecular flexibility index (Phi) is 6.54. The van der Waals surface area contributed by atoms with Gasteiger partial charge in [0.05, 0.1) is 12.7 Å². The average Bonchev–Trinajstić information content (AvgIpc) is 2.89. The Morgan fingerprint density at radius 1 is 1.03 bits per heavy atom. The number of hydrogen-bond donors (Lipinski definition) is 2. The van der Waals surface area contributed by atoms with Crippen LogP contribution in [0.3, 0.4) is 0 Å². The summed E-state index contributed by atoms with van der Waals surface area (Å²) >= 11 is 0. The number of anilines is 3. The molecule has 1 unspecified atom stereocenters. The van der Waals surface area contributed by atoms with Crippen LogP contribution in [-0.2, 0) is 6.42 Å². The van der Waals surface area contributed by atoms with Crippen LogP contribution in [0, 0.1) is 0 Å². The molecule has 8 nitrogen and oxygen atoms in total. The third-order valence-electron chi connectivity index (χ3n) is 5.91. The molecule has 0 radical (unpaired) electrons. The summed E-state index contributed by atoms with van der Waals surface area (Å²) in [5.41, 5.74) is 9.35. The van der Waals surface area contributed by atoms with Gasteiger partial charge in [-0.2, -0.15) is 4.98 Å². The first-order valence-electron chi connectivity index (χ1n) is 11.8. The lowest BCUT2D eigenvalue weighted by Crippen LogP contribution is -2.31. The first-order valence-corrected chi connectivity index (χ1v) is 11.8. The van der Waals surface area contributed by atoms with Gasteiger partial charge in [0.15, 0.2) is 17.4 Å². The van der Waals surface area contributed by atoms with E-state index in [1.54, 1.807) is 12.4 Å².